The lowest BCUT2D eigenvalue weighted by Crippen LogP contribution is -2.27. The van der Waals surface area contributed by atoms with Crippen LogP contribution in [-0.4, -0.2) is 44.8 Å². The minimum atomic E-state index is 0.672. The predicted octanol–water partition coefficient (Wildman–Crippen LogP) is 3.96. The first kappa shape index (κ1) is 20.1. The maximum absolute atomic E-state index is 6.18. The standard InChI is InChI=1S/C18H31ClN2O2/c1-5-11-23-18-15(12-16(19)13-17(18)22-4)14-20-9-8-10-21(6-2)7-3/h12-13,20H,5-11,14H2,1-4H3. The van der Waals surface area contributed by atoms with Gasteiger partial charge in [-0.15, -0.1) is 0 Å². The Kier molecular flexibility index (Phi) is 10.1. The van der Waals surface area contributed by atoms with Gasteiger partial charge in [0.1, 0.15) is 0 Å². The van der Waals surface area contributed by atoms with E-state index in [-0.39, 0.29) is 0 Å². The van der Waals surface area contributed by atoms with Gasteiger partial charge in [-0.1, -0.05) is 32.4 Å². The van der Waals surface area contributed by atoms with Crippen LogP contribution in [0.25, 0.3) is 0 Å². The zero-order valence-corrected chi connectivity index (χ0v) is 15.7. The van der Waals surface area contributed by atoms with Gasteiger partial charge >= 0.3 is 0 Å². The third kappa shape index (κ3) is 6.98. The van der Waals surface area contributed by atoms with Crippen LogP contribution in [-0.2, 0) is 6.54 Å². The van der Waals surface area contributed by atoms with Crippen LogP contribution < -0.4 is 14.8 Å². The highest BCUT2D eigenvalue weighted by Crippen LogP contribution is 2.34. The normalized spacial score (nSPS) is 11.0. The van der Waals surface area contributed by atoms with Crippen LogP contribution in [0, 0.1) is 0 Å². The van der Waals surface area contributed by atoms with Gasteiger partial charge in [-0.25, -0.2) is 0 Å². The maximum Gasteiger partial charge on any atom is 0.165 e. The minimum Gasteiger partial charge on any atom is -0.493 e. The fourth-order valence-electron chi connectivity index (χ4n) is 2.46. The molecule has 0 atom stereocenters. The second-order valence-electron chi connectivity index (χ2n) is 5.50. The monoisotopic (exact) mass is 342 g/mol. The first-order chi connectivity index (χ1) is 11.2. The third-order valence-electron chi connectivity index (χ3n) is 3.80. The Balaban J connectivity index is 2.58. The van der Waals surface area contributed by atoms with Gasteiger partial charge in [0.2, 0.25) is 0 Å². The summed E-state index contributed by atoms with van der Waals surface area (Å²) in [5.41, 5.74) is 1.05. The Hall–Kier alpha value is -0.970. The summed E-state index contributed by atoms with van der Waals surface area (Å²) in [5.74, 6) is 1.50. The van der Waals surface area contributed by atoms with Gasteiger partial charge in [0, 0.05) is 23.2 Å². The highest BCUT2D eigenvalue weighted by atomic mass is 35.5. The van der Waals surface area contributed by atoms with E-state index in [9.17, 15) is 0 Å². The van der Waals surface area contributed by atoms with Gasteiger partial charge in [0.25, 0.3) is 0 Å². The molecule has 0 heterocycles. The number of hydrogen-bond acceptors (Lipinski definition) is 4. The van der Waals surface area contributed by atoms with Crippen LogP contribution in [0.1, 0.15) is 39.2 Å². The second-order valence-corrected chi connectivity index (χ2v) is 5.94. The van der Waals surface area contributed by atoms with Crippen molar-refractivity contribution in [2.24, 2.45) is 0 Å². The fourth-order valence-corrected chi connectivity index (χ4v) is 2.69. The molecule has 0 amide bonds. The van der Waals surface area contributed by atoms with E-state index in [0.717, 1.165) is 56.9 Å². The third-order valence-corrected chi connectivity index (χ3v) is 4.02. The molecule has 1 N–H and O–H groups in total. The van der Waals surface area contributed by atoms with Crippen molar-refractivity contribution in [3.63, 3.8) is 0 Å². The van der Waals surface area contributed by atoms with Crippen molar-refractivity contribution in [2.45, 2.75) is 40.2 Å². The Morgan fingerprint density at radius 2 is 1.91 bits per heavy atom. The largest absolute Gasteiger partial charge is 0.493 e. The molecular formula is C18H31ClN2O2. The van der Waals surface area contributed by atoms with E-state index in [0.29, 0.717) is 17.4 Å². The molecular weight excluding hydrogens is 312 g/mol. The first-order valence-electron chi connectivity index (χ1n) is 8.58. The number of benzene rings is 1. The van der Waals surface area contributed by atoms with E-state index in [1.807, 2.05) is 6.07 Å². The van der Waals surface area contributed by atoms with Gasteiger partial charge in [-0.05, 0) is 45.1 Å². The quantitative estimate of drug-likeness (QED) is 0.583. The van der Waals surface area contributed by atoms with Gasteiger partial charge in [-0.3, -0.25) is 0 Å². The molecule has 1 aromatic rings. The second kappa shape index (κ2) is 11.5. The summed E-state index contributed by atoms with van der Waals surface area (Å²) < 4.78 is 11.3. The van der Waals surface area contributed by atoms with Crippen LogP contribution >= 0.6 is 11.6 Å². The zero-order chi connectivity index (χ0) is 17.1. The van der Waals surface area contributed by atoms with Gasteiger partial charge < -0.3 is 19.7 Å². The molecule has 0 aliphatic carbocycles. The van der Waals surface area contributed by atoms with Crippen molar-refractivity contribution < 1.29 is 9.47 Å². The molecule has 0 unspecified atom stereocenters. The van der Waals surface area contributed by atoms with Crippen molar-refractivity contribution in [1.82, 2.24) is 10.2 Å². The number of ether oxygens (including phenoxy) is 2. The molecule has 0 aromatic heterocycles. The van der Waals surface area contributed by atoms with E-state index in [4.69, 9.17) is 21.1 Å². The van der Waals surface area contributed by atoms with E-state index in [1.54, 1.807) is 13.2 Å². The van der Waals surface area contributed by atoms with Crippen LogP contribution in [0.4, 0.5) is 0 Å². The highest BCUT2D eigenvalue weighted by Gasteiger charge is 2.12. The van der Waals surface area contributed by atoms with E-state index < -0.39 is 0 Å². The van der Waals surface area contributed by atoms with Crippen molar-refractivity contribution in [1.29, 1.82) is 0 Å². The summed E-state index contributed by atoms with van der Waals surface area (Å²) in [6, 6.07) is 3.75. The fraction of sp³-hybridized carbons (Fsp3) is 0.667. The first-order valence-corrected chi connectivity index (χ1v) is 8.96. The Morgan fingerprint density at radius 1 is 1.17 bits per heavy atom. The summed E-state index contributed by atoms with van der Waals surface area (Å²) in [6.45, 7) is 12.2. The maximum atomic E-state index is 6.18. The molecule has 1 aromatic carbocycles. The van der Waals surface area contributed by atoms with Crippen molar-refractivity contribution in [3.8, 4) is 11.5 Å². The SMILES string of the molecule is CCCOc1c(CNCCCN(CC)CC)cc(Cl)cc1OC. The average molecular weight is 343 g/mol. The van der Waals surface area contributed by atoms with E-state index in [2.05, 4.69) is 31.0 Å². The molecule has 0 spiro atoms. The number of nitrogens with one attached hydrogen (secondary N) is 1. The van der Waals surface area contributed by atoms with Gasteiger partial charge in [-0.2, -0.15) is 0 Å². The topological polar surface area (TPSA) is 33.7 Å². The molecule has 5 heteroatoms. The summed E-state index contributed by atoms with van der Waals surface area (Å²) in [4.78, 5) is 2.43. The highest BCUT2D eigenvalue weighted by molar-refractivity contribution is 6.30. The van der Waals surface area contributed by atoms with Gasteiger partial charge in [0.05, 0.1) is 13.7 Å². The molecule has 0 bridgehead atoms. The number of halogens is 1. The molecule has 0 saturated carbocycles. The Morgan fingerprint density at radius 3 is 2.52 bits per heavy atom. The lowest BCUT2D eigenvalue weighted by molar-refractivity contribution is 0.289. The van der Waals surface area contributed by atoms with Crippen molar-refractivity contribution in [2.75, 3.05) is 39.9 Å². The lowest BCUT2D eigenvalue weighted by Gasteiger charge is -2.18. The molecule has 1 rings (SSSR count). The molecule has 4 nitrogen and oxygen atoms in total. The summed E-state index contributed by atoms with van der Waals surface area (Å²) >= 11 is 6.18. The van der Waals surface area contributed by atoms with E-state index >= 15 is 0 Å². The number of nitrogens with zero attached hydrogens (tertiary/aromatic N) is 1. The molecule has 0 radical (unpaired) electrons. The van der Waals surface area contributed by atoms with Crippen molar-refractivity contribution in [3.05, 3.63) is 22.7 Å². The number of rotatable bonds is 12. The summed E-state index contributed by atoms with van der Waals surface area (Å²) in [6.07, 6.45) is 2.09. The van der Waals surface area contributed by atoms with Crippen LogP contribution in [0.3, 0.4) is 0 Å². The Bertz CT molecular complexity index is 451. The average Bonchev–Trinajstić information content (AvgIpc) is 2.56. The molecule has 0 fully saturated rings. The predicted molar refractivity (Wildman–Crippen MR) is 97.9 cm³/mol. The number of methoxy groups -OCH3 is 1. The van der Waals surface area contributed by atoms with Crippen LogP contribution in [0.5, 0.6) is 11.5 Å². The number of hydrogen-bond donors (Lipinski definition) is 1. The minimum absolute atomic E-state index is 0.672. The Labute approximate surface area is 146 Å². The molecule has 132 valence electrons. The smallest absolute Gasteiger partial charge is 0.165 e. The molecule has 0 aliphatic heterocycles. The molecule has 23 heavy (non-hydrogen) atoms. The van der Waals surface area contributed by atoms with Crippen LogP contribution in [0.2, 0.25) is 5.02 Å². The zero-order valence-electron chi connectivity index (χ0n) is 15.0. The summed E-state index contributed by atoms with van der Waals surface area (Å²) in [5, 5.41) is 4.15. The molecule has 0 saturated heterocycles. The summed E-state index contributed by atoms with van der Waals surface area (Å²) in [7, 11) is 1.64. The van der Waals surface area contributed by atoms with Gasteiger partial charge in [0.15, 0.2) is 11.5 Å². The molecule has 0 aliphatic rings. The van der Waals surface area contributed by atoms with E-state index in [1.165, 1.54) is 0 Å². The van der Waals surface area contributed by atoms with Crippen molar-refractivity contribution >= 4 is 11.6 Å². The van der Waals surface area contributed by atoms with Crippen LogP contribution in [0.15, 0.2) is 12.1 Å². The lowest BCUT2D eigenvalue weighted by atomic mass is 10.1.